The molecule has 3 aromatic rings. The highest BCUT2D eigenvalue weighted by Gasteiger charge is 2.25. The van der Waals surface area contributed by atoms with E-state index < -0.39 is 0 Å². The highest BCUT2D eigenvalue weighted by molar-refractivity contribution is 7.22. The van der Waals surface area contributed by atoms with Crippen molar-refractivity contribution >= 4 is 32.5 Å². The van der Waals surface area contributed by atoms with Gasteiger partial charge in [0.15, 0.2) is 10.8 Å². The molecule has 7 nitrogen and oxygen atoms in total. The van der Waals surface area contributed by atoms with Crippen molar-refractivity contribution in [1.29, 1.82) is 0 Å². The first-order valence-corrected chi connectivity index (χ1v) is 9.72. The van der Waals surface area contributed by atoms with Crippen molar-refractivity contribution in [3.63, 3.8) is 0 Å². The Bertz CT molecular complexity index is 999. The third-order valence-electron chi connectivity index (χ3n) is 4.69. The second kappa shape index (κ2) is 6.79. The van der Waals surface area contributed by atoms with Gasteiger partial charge in [-0.3, -0.25) is 4.98 Å². The molecule has 27 heavy (non-hydrogen) atoms. The van der Waals surface area contributed by atoms with E-state index >= 15 is 0 Å². The lowest BCUT2D eigenvalue weighted by molar-refractivity contribution is 0.122. The molecule has 1 atom stereocenters. The summed E-state index contributed by atoms with van der Waals surface area (Å²) < 4.78 is 12.3. The largest absolute Gasteiger partial charge is 0.472 e. The second-order valence-electron chi connectivity index (χ2n) is 6.52. The van der Waals surface area contributed by atoms with Crippen LogP contribution in [-0.2, 0) is 9.47 Å². The minimum atomic E-state index is -0.211. The molecule has 0 radical (unpaired) electrons. The Morgan fingerprint density at radius 2 is 2.07 bits per heavy atom. The first-order valence-electron chi connectivity index (χ1n) is 8.90. The number of anilines is 2. The van der Waals surface area contributed by atoms with E-state index in [2.05, 4.69) is 25.8 Å². The standard InChI is InChI=1S/C19H19N5O2S/c1-13-10-14(2-3-20-13)18-24(6-9-26-18)15-11-16-17(21-12-15)22-19(27-16)23-4-7-25-8-5-23/h2-3,6,9-12,18H,4-5,7-8H2,1H3. The van der Waals surface area contributed by atoms with Crippen LogP contribution >= 0.6 is 11.3 Å². The van der Waals surface area contributed by atoms with E-state index in [1.165, 1.54) is 0 Å². The van der Waals surface area contributed by atoms with Gasteiger partial charge >= 0.3 is 0 Å². The fourth-order valence-corrected chi connectivity index (χ4v) is 4.34. The van der Waals surface area contributed by atoms with Crippen molar-refractivity contribution in [2.45, 2.75) is 13.2 Å². The van der Waals surface area contributed by atoms with Crippen LogP contribution in [0.3, 0.4) is 0 Å². The maximum absolute atomic E-state index is 5.83. The summed E-state index contributed by atoms with van der Waals surface area (Å²) in [7, 11) is 0. The maximum atomic E-state index is 5.83. The SMILES string of the molecule is Cc1cc(C2OC=CN2c2cnc3nc(N4CCOCC4)sc3c2)ccn1. The minimum Gasteiger partial charge on any atom is -0.472 e. The average molecular weight is 381 g/mol. The van der Waals surface area contributed by atoms with E-state index in [9.17, 15) is 0 Å². The summed E-state index contributed by atoms with van der Waals surface area (Å²) in [5.74, 6) is 0. The highest BCUT2D eigenvalue weighted by atomic mass is 32.1. The van der Waals surface area contributed by atoms with E-state index in [1.807, 2.05) is 37.7 Å². The third-order valence-corrected chi connectivity index (χ3v) is 5.74. The van der Waals surface area contributed by atoms with Gasteiger partial charge in [0.05, 0.1) is 29.8 Å². The van der Waals surface area contributed by atoms with Crippen molar-refractivity contribution in [2.24, 2.45) is 0 Å². The number of aromatic nitrogens is 3. The molecule has 0 bridgehead atoms. The average Bonchev–Trinajstić information content (AvgIpc) is 3.35. The van der Waals surface area contributed by atoms with E-state index in [0.717, 1.165) is 58.7 Å². The zero-order valence-corrected chi connectivity index (χ0v) is 15.7. The fraction of sp³-hybridized carbons (Fsp3) is 0.316. The first kappa shape index (κ1) is 16.5. The molecule has 0 N–H and O–H groups in total. The Hall–Kier alpha value is -2.71. The molecule has 1 saturated heterocycles. The molecule has 5 heterocycles. The molecule has 138 valence electrons. The summed E-state index contributed by atoms with van der Waals surface area (Å²) in [5.41, 5.74) is 3.79. The molecule has 0 aromatic carbocycles. The molecule has 8 heteroatoms. The molecular weight excluding hydrogens is 362 g/mol. The van der Waals surface area contributed by atoms with Crippen LogP contribution < -0.4 is 9.80 Å². The summed E-state index contributed by atoms with van der Waals surface area (Å²) in [6, 6.07) is 6.15. The highest BCUT2D eigenvalue weighted by Crippen LogP contribution is 2.36. The summed E-state index contributed by atoms with van der Waals surface area (Å²) >= 11 is 1.67. The Morgan fingerprint density at radius 1 is 1.19 bits per heavy atom. The van der Waals surface area contributed by atoms with Crippen molar-refractivity contribution in [3.8, 4) is 0 Å². The first-order chi connectivity index (χ1) is 13.3. The van der Waals surface area contributed by atoms with Gasteiger partial charge in [0.2, 0.25) is 6.23 Å². The Balaban J connectivity index is 1.46. The summed E-state index contributed by atoms with van der Waals surface area (Å²) in [5, 5.41) is 1.01. The maximum Gasteiger partial charge on any atom is 0.201 e. The van der Waals surface area contributed by atoms with Gasteiger partial charge in [0, 0.05) is 36.7 Å². The van der Waals surface area contributed by atoms with Crippen LogP contribution in [0.2, 0.25) is 0 Å². The van der Waals surface area contributed by atoms with Crippen molar-refractivity contribution in [2.75, 3.05) is 36.1 Å². The van der Waals surface area contributed by atoms with Crippen LogP contribution in [0.15, 0.2) is 43.1 Å². The lowest BCUT2D eigenvalue weighted by Gasteiger charge is -2.25. The molecule has 5 rings (SSSR count). The normalized spacial score (nSPS) is 19.7. The Morgan fingerprint density at radius 3 is 2.93 bits per heavy atom. The number of hydrogen-bond acceptors (Lipinski definition) is 8. The van der Waals surface area contributed by atoms with Crippen LogP contribution in [0, 0.1) is 6.92 Å². The molecule has 1 fully saturated rings. The van der Waals surface area contributed by atoms with Gasteiger partial charge in [-0.1, -0.05) is 11.3 Å². The van der Waals surface area contributed by atoms with Gasteiger partial charge in [0.1, 0.15) is 6.26 Å². The van der Waals surface area contributed by atoms with E-state index in [1.54, 1.807) is 17.6 Å². The number of thiazole rings is 1. The second-order valence-corrected chi connectivity index (χ2v) is 7.53. The van der Waals surface area contributed by atoms with Gasteiger partial charge in [0.25, 0.3) is 0 Å². The number of pyridine rings is 2. The van der Waals surface area contributed by atoms with Crippen molar-refractivity contribution in [1.82, 2.24) is 15.0 Å². The number of fused-ring (bicyclic) bond motifs is 1. The van der Waals surface area contributed by atoms with Gasteiger partial charge in [-0.25, -0.2) is 4.98 Å². The van der Waals surface area contributed by atoms with E-state index in [0.29, 0.717) is 0 Å². The molecule has 0 saturated carbocycles. The lowest BCUT2D eigenvalue weighted by Crippen LogP contribution is -2.36. The molecule has 0 amide bonds. The number of aryl methyl sites for hydroxylation is 1. The van der Waals surface area contributed by atoms with Crippen LogP contribution in [0.1, 0.15) is 17.5 Å². The predicted molar refractivity (Wildman–Crippen MR) is 105 cm³/mol. The summed E-state index contributed by atoms with van der Waals surface area (Å²) in [4.78, 5) is 17.9. The number of nitrogens with zero attached hydrogens (tertiary/aromatic N) is 5. The molecule has 3 aromatic heterocycles. The van der Waals surface area contributed by atoms with Crippen molar-refractivity contribution in [3.05, 3.63) is 54.3 Å². The Kier molecular flexibility index (Phi) is 4.14. The number of morpholine rings is 1. The van der Waals surface area contributed by atoms with Gasteiger partial charge < -0.3 is 19.3 Å². The minimum absolute atomic E-state index is 0.211. The number of rotatable bonds is 3. The summed E-state index contributed by atoms with van der Waals surface area (Å²) in [6.07, 6.45) is 7.11. The van der Waals surface area contributed by atoms with Crippen LogP contribution in [-0.4, -0.2) is 41.3 Å². The van der Waals surface area contributed by atoms with Crippen LogP contribution in [0.25, 0.3) is 10.3 Å². The van der Waals surface area contributed by atoms with Crippen molar-refractivity contribution < 1.29 is 9.47 Å². The molecule has 1 unspecified atom stereocenters. The fourth-order valence-electron chi connectivity index (χ4n) is 3.33. The molecular formula is C19H19N5O2S. The van der Waals surface area contributed by atoms with E-state index in [4.69, 9.17) is 14.5 Å². The molecule has 0 spiro atoms. The smallest absolute Gasteiger partial charge is 0.201 e. The monoisotopic (exact) mass is 381 g/mol. The third kappa shape index (κ3) is 3.11. The van der Waals surface area contributed by atoms with E-state index in [-0.39, 0.29) is 6.23 Å². The lowest BCUT2D eigenvalue weighted by atomic mass is 10.2. The number of hydrogen-bond donors (Lipinski definition) is 0. The quantitative estimate of drug-likeness (QED) is 0.690. The Labute approximate surface area is 160 Å². The van der Waals surface area contributed by atoms with Gasteiger partial charge in [-0.15, -0.1) is 0 Å². The zero-order valence-electron chi connectivity index (χ0n) is 14.9. The topological polar surface area (TPSA) is 63.6 Å². The molecule has 2 aliphatic heterocycles. The number of ether oxygens (including phenoxy) is 2. The van der Waals surface area contributed by atoms with Gasteiger partial charge in [-0.05, 0) is 25.1 Å². The van der Waals surface area contributed by atoms with Gasteiger partial charge in [-0.2, -0.15) is 4.98 Å². The zero-order chi connectivity index (χ0) is 18.2. The molecule has 2 aliphatic rings. The van der Waals surface area contributed by atoms with Crippen LogP contribution in [0.5, 0.6) is 0 Å². The summed E-state index contributed by atoms with van der Waals surface area (Å²) in [6.45, 7) is 5.22. The van der Waals surface area contributed by atoms with Crippen LogP contribution in [0.4, 0.5) is 10.8 Å². The predicted octanol–water partition coefficient (Wildman–Crippen LogP) is 3.24. The molecule has 0 aliphatic carbocycles.